The molecule has 0 aliphatic carbocycles. The maximum absolute atomic E-state index is 12.0. The first-order chi connectivity index (χ1) is 12.5. The Balaban J connectivity index is 2.32. The van der Waals surface area contributed by atoms with Gasteiger partial charge in [0.25, 0.3) is 0 Å². The summed E-state index contributed by atoms with van der Waals surface area (Å²) in [6.45, 7) is 3.81. The summed E-state index contributed by atoms with van der Waals surface area (Å²) in [6, 6.07) is 13.1. The lowest BCUT2D eigenvalue weighted by molar-refractivity contribution is -0.825. The maximum Gasteiger partial charge on any atom is 0.163 e. The van der Waals surface area contributed by atoms with Gasteiger partial charge in [0.05, 0.1) is 28.9 Å². The van der Waals surface area contributed by atoms with Crippen LogP contribution in [0.4, 0.5) is 5.69 Å². The number of aryl methyl sites for hydroxylation is 1. The zero-order valence-electron chi connectivity index (χ0n) is 14.9. The molecule has 0 aliphatic rings. The van der Waals surface area contributed by atoms with Crippen LogP contribution in [0, 0.1) is 11.3 Å². The van der Waals surface area contributed by atoms with Crippen LogP contribution in [0.5, 0.6) is 5.75 Å². The Morgan fingerprint density at radius 1 is 1.31 bits per heavy atom. The van der Waals surface area contributed by atoms with Crippen molar-refractivity contribution in [3.05, 3.63) is 47.5 Å². The molecule has 132 valence electrons. The van der Waals surface area contributed by atoms with Crippen molar-refractivity contribution in [2.75, 3.05) is 6.61 Å². The third-order valence-electron chi connectivity index (χ3n) is 4.42. The molecular weight excluding hydrogens is 330 g/mol. The van der Waals surface area contributed by atoms with Gasteiger partial charge in [-0.15, -0.1) is 0 Å². The second-order valence-corrected chi connectivity index (χ2v) is 6.00. The number of Topliss-reactive ketones (excluding diaryl/α,β-unsaturated/α-hetero) is 1. The van der Waals surface area contributed by atoms with Crippen molar-refractivity contribution in [3.63, 3.8) is 0 Å². The summed E-state index contributed by atoms with van der Waals surface area (Å²) in [7, 11) is 1.88. The Bertz CT molecular complexity index is 1030. The number of nitrogens with two attached hydrogens (primary N) is 1. The molecule has 3 N–H and O–H groups in total. The molecule has 0 spiro atoms. The van der Waals surface area contributed by atoms with Gasteiger partial charge in [0, 0.05) is 30.6 Å². The Morgan fingerprint density at radius 2 is 2.00 bits per heavy atom. The predicted octanol–water partition coefficient (Wildman–Crippen LogP) is 2.90. The van der Waals surface area contributed by atoms with Crippen molar-refractivity contribution in [3.8, 4) is 23.1 Å². The lowest BCUT2D eigenvalue weighted by atomic mass is 10.0. The van der Waals surface area contributed by atoms with Gasteiger partial charge in [0.2, 0.25) is 0 Å². The van der Waals surface area contributed by atoms with Crippen molar-refractivity contribution in [2.45, 2.75) is 13.8 Å². The normalized spacial score (nSPS) is 10.7. The summed E-state index contributed by atoms with van der Waals surface area (Å²) in [5, 5.41) is 19.6. The van der Waals surface area contributed by atoms with E-state index in [2.05, 4.69) is 6.07 Å². The molecule has 0 atom stereocenters. The molecule has 26 heavy (non-hydrogen) atoms. The Hall–Kier alpha value is -3.14. The van der Waals surface area contributed by atoms with E-state index >= 15 is 0 Å². The number of benzene rings is 2. The molecular formula is C20H20N3O3+. The summed E-state index contributed by atoms with van der Waals surface area (Å²) in [6.07, 6.45) is 0. The van der Waals surface area contributed by atoms with Crippen molar-refractivity contribution in [1.82, 2.24) is 4.57 Å². The van der Waals surface area contributed by atoms with E-state index in [9.17, 15) is 10.1 Å². The van der Waals surface area contributed by atoms with Gasteiger partial charge in [-0.3, -0.25) is 4.79 Å². The van der Waals surface area contributed by atoms with Crippen molar-refractivity contribution < 1.29 is 20.2 Å². The minimum absolute atomic E-state index is 0.104. The van der Waals surface area contributed by atoms with E-state index < -0.39 is 0 Å². The van der Waals surface area contributed by atoms with Crippen molar-refractivity contribution in [2.24, 2.45) is 7.05 Å². The number of carbonyl (C=O) groups excluding carboxylic acids is 1. The molecule has 3 aromatic rings. The predicted molar refractivity (Wildman–Crippen MR) is 97.6 cm³/mol. The quantitative estimate of drug-likeness (QED) is 0.420. The van der Waals surface area contributed by atoms with Gasteiger partial charge in [-0.1, -0.05) is 0 Å². The number of quaternary nitrogens is 1. The highest BCUT2D eigenvalue weighted by Crippen LogP contribution is 2.36. The number of hydrogen-bond donors (Lipinski definition) is 2. The lowest BCUT2D eigenvalue weighted by Crippen LogP contribution is -2.73. The van der Waals surface area contributed by atoms with Crippen LogP contribution in [0.25, 0.3) is 22.2 Å². The Labute approximate surface area is 151 Å². The van der Waals surface area contributed by atoms with Gasteiger partial charge in [0.1, 0.15) is 11.8 Å². The zero-order valence-corrected chi connectivity index (χ0v) is 14.9. The molecule has 0 saturated carbocycles. The van der Waals surface area contributed by atoms with Gasteiger partial charge in [-0.25, -0.2) is 5.21 Å². The van der Waals surface area contributed by atoms with Crippen LogP contribution < -0.4 is 10.2 Å². The number of rotatable bonds is 5. The van der Waals surface area contributed by atoms with E-state index in [1.807, 2.05) is 36.7 Å². The molecule has 1 aromatic heterocycles. The van der Waals surface area contributed by atoms with Crippen molar-refractivity contribution >= 4 is 22.4 Å². The SMILES string of the molecule is CCOc1cc2c(cc1C(C)=O)c(C#N)c(-c1ccc([NH2+]O)cc1)n2C. The van der Waals surface area contributed by atoms with Crippen LogP contribution in [0.2, 0.25) is 0 Å². The second-order valence-electron chi connectivity index (χ2n) is 6.00. The Morgan fingerprint density at radius 3 is 2.54 bits per heavy atom. The summed E-state index contributed by atoms with van der Waals surface area (Å²) in [4.78, 5) is 12.0. The van der Waals surface area contributed by atoms with E-state index in [4.69, 9.17) is 9.94 Å². The summed E-state index contributed by atoms with van der Waals surface area (Å²) >= 11 is 0. The fourth-order valence-electron chi connectivity index (χ4n) is 3.19. The molecule has 0 saturated heterocycles. The smallest absolute Gasteiger partial charge is 0.163 e. The molecule has 0 radical (unpaired) electrons. The van der Waals surface area contributed by atoms with Crippen LogP contribution >= 0.6 is 0 Å². The van der Waals surface area contributed by atoms with Gasteiger partial charge >= 0.3 is 0 Å². The fraction of sp³-hybridized carbons (Fsp3) is 0.200. The molecule has 0 unspecified atom stereocenters. The first-order valence-electron chi connectivity index (χ1n) is 8.30. The monoisotopic (exact) mass is 350 g/mol. The van der Waals surface area contributed by atoms with Gasteiger partial charge < -0.3 is 9.30 Å². The largest absolute Gasteiger partial charge is 0.493 e. The van der Waals surface area contributed by atoms with Crippen LogP contribution in [0.3, 0.4) is 0 Å². The van der Waals surface area contributed by atoms with Crippen LogP contribution in [-0.4, -0.2) is 22.2 Å². The number of aromatic nitrogens is 1. The first kappa shape index (κ1) is 17.7. The van der Waals surface area contributed by atoms with E-state index in [0.717, 1.165) is 27.6 Å². The van der Waals surface area contributed by atoms with E-state index in [0.29, 0.717) is 29.2 Å². The molecule has 2 aromatic carbocycles. The van der Waals surface area contributed by atoms with Crippen LogP contribution in [0.15, 0.2) is 36.4 Å². The maximum atomic E-state index is 12.0. The number of hydrogen-bond acceptors (Lipinski definition) is 4. The third kappa shape index (κ3) is 2.84. The van der Waals surface area contributed by atoms with Gasteiger partial charge in [-0.05, 0) is 37.6 Å². The summed E-state index contributed by atoms with van der Waals surface area (Å²) in [5.41, 5.74) is 5.13. The topological polar surface area (TPSA) is 91.9 Å². The molecule has 6 nitrogen and oxygen atoms in total. The van der Waals surface area contributed by atoms with E-state index in [-0.39, 0.29) is 5.78 Å². The highest BCUT2D eigenvalue weighted by atomic mass is 16.5. The van der Waals surface area contributed by atoms with Gasteiger partial charge in [0.15, 0.2) is 11.5 Å². The van der Waals surface area contributed by atoms with E-state index in [1.165, 1.54) is 6.92 Å². The molecule has 0 bridgehead atoms. The molecule has 1 heterocycles. The molecule has 6 heteroatoms. The average Bonchev–Trinajstić information content (AvgIpc) is 2.92. The van der Waals surface area contributed by atoms with Crippen LogP contribution in [-0.2, 0) is 7.05 Å². The fourth-order valence-corrected chi connectivity index (χ4v) is 3.19. The first-order valence-corrected chi connectivity index (χ1v) is 8.30. The minimum atomic E-state index is -0.104. The van der Waals surface area contributed by atoms with E-state index in [1.54, 1.807) is 18.2 Å². The second kappa shape index (κ2) is 7.00. The zero-order chi connectivity index (χ0) is 18.8. The highest BCUT2D eigenvalue weighted by Gasteiger charge is 2.20. The minimum Gasteiger partial charge on any atom is -0.493 e. The highest BCUT2D eigenvalue weighted by molar-refractivity contribution is 6.04. The third-order valence-corrected chi connectivity index (χ3v) is 4.42. The molecule has 3 rings (SSSR count). The number of ketones is 1. The average molecular weight is 350 g/mol. The number of nitriles is 1. The molecule has 0 fully saturated rings. The number of fused-ring (bicyclic) bond motifs is 1. The lowest BCUT2D eigenvalue weighted by Gasteiger charge is -2.09. The van der Waals surface area contributed by atoms with Crippen LogP contribution in [0.1, 0.15) is 29.8 Å². The molecule has 0 amide bonds. The summed E-state index contributed by atoms with van der Waals surface area (Å²) in [5.74, 6) is 0.418. The standard InChI is InChI=1S/C20H19N3O3/c1-4-26-19-10-18-16(9-15(19)12(2)24)17(11-21)20(23(18)3)13-5-7-14(22-25)8-6-13/h5-10,22,25H,4H2,1-3H3/p+1. The number of nitrogens with zero attached hydrogens (tertiary/aromatic N) is 2. The Kier molecular flexibility index (Phi) is 4.76. The van der Waals surface area contributed by atoms with Crippen molar-refractivity contribution in [1.29, 1.82) is 5.26 Å². The van der Waals surface area contributed by atoms with Gasteiger partial charge in [-0.2, -0.15) is 10.7 Å². The number of ether oxygens (including phenoxy) is 1. The number of carbonyl (C=O) groups is 1. The molecule has 0 aliphatic heterocycles. The summed E-state index contributed by atoms with van der Waals surface area (Å²) < 4.78 is 7.56.